The highest BCUT2D eigenvalue weighted by atomic mass is 35.5. The largest absolute Gasteiger partial charge is 0.391 e. The lowest BCUT2D eigenvalue weighted by Gasteiger charge is -2.36. The van der Waals surface area contributed by atoms with Crippen molar-refractivity contribution in [3.8, 4) is 0 Å². The zero-order valence-electron chi connectivity index (χ0n) is 16.3. The highest BCUT2D eigenvalue weighted by molar-refractivity contribution is 6.30. The van der Waals surface area contributed by atoms with Gasteiger partial charge in [0.25, 0.3) is 0 Å². The van der Waals surface area contributed by atoms with Gasteiger partial charge in [0.05, 0.1) is 6.10 Å². The van der Waals surface area contributed by atoms with E-state index in [4.69, 9.17) is 16.6 Å². The van der Waals surface area contributed by atoms with Crippen LogP contribution in [0.4, 0.5) is 5.69 Å². The summed E-state index contributed by atoms with van der Waals surface area (Å²) in [5.41, 5.74) is 1.22. The molecule has 1 aromatic carbocycles. The van der Waals surface area contributed by atoms with E-state index in [1.165, 1.54) is 5.69 Å². The van der Waals surface area contributed by atoms with Crippen LogP contribution in [0.15, 0.2) is 29.3 Å². The molecule has 0 spiro atoms. The lowest BCUT2D eigenvalue weighted by atomic mass is 10.2. The lowest BCUT2D eigenvalue weighted by Crippen LogP contribution is -2.46. The van der Waals surface area contributed by atoms with Crippen molar-refractivity contribution >= 4 is 23.2 Å². The number of halogens is 1. The van der Waals surface area contributed by atoms with Crippen LogP contribution in [0.1, 0.15) is 19.8 Å². The number of benzene rings is 1. The normalized spacial score (nSPS) is 21.7. The van der Waals surface area contributed by atoms with Crippen molar-refractivity contribution in [3.63, 3.8) is 0 Å². The molecule has 0 unspecified atom stereocenters. The van der Waals surface area contributed by atoms with Crippen molar-refractivity contribution in [2.45, 2.75) is 25.9 Å². The van der Waals surface area contributed by atoms with Crippen molar-refractivity contribution in [1.82, 2.24) is 15.1 Å². The van der Waals surface area contributed by atoms with E-state index >= 15 is 0 Å². The van der Waals surface area contributed by atoms with E-state index in [0.29, 0.717) is 6.54 Å². The molecule has 2 aliphatic rings. The van der Waals surface area contributed by atoms with Crippen molar-refractivity contribution in [2.24, 2.45) is 4.99 Å². The van der Waals surface area contributed by atoms with Gasteiger partial charge in [-0.1, -0.05) is 17.7 Å². The number of aliphatic hydroxyl groups is 1. The van der Waals surface area contributed by atoms with Crippen LogP contribution < -0.4 is 10.2 Å². The molecule has 3 rings (SSSR count). The fourth-order valence-corrected chi connectivity index (χ4v) is 3.93. The summed E-state index contributed by atoms with van der Waals surface area (Å²) in [5.74, 6) is 0.944. The van der Waals surface area contributed by atoms with Crippen LogP contribution in [0.5, 0.6) is 0 Å². The van der Waals surface area contributed by atoms with Crippen LogP contribution in [-0.4, -0.2) is 85.9 Å². The Labute approximate surface area is 167 Å². The van der Waals surface area contributed by atoms with Crippen molar-refractivity contribution in [1.29, 1.82) is 0 Å². The summed E-state index contributed by atoms with van der Waals surface area (Å²) >= 11 is 6.11. The Morgan fingerprint density at radius 2 is 2.07 bits per heavy atom. The maximum absolute atomic E-state index is 9.73. The Kier molecular flexibility index (Phi) is 7.61. The van der Waals surface area contributed by atoms with Gasteiger partial charge in [0.15, 0.2) is 5.96 Å². The molecule has 2 N–H and O–H groups in total. The van der Waals surface area contributed by atoms with Gasteiger partial charge in [-0.05, 0) is 38.0 Å². The van der Waals surface area contributed by atoms with Gasteiger partial charge in [-0.25, -0.2) is 0 Å². The summed E-state index contributed by atoms with van der Waals surface area (Å²) in [6.07, 6.45) is 1.67. The molecule has 0 aliphatic carbocycles. The second-order valence-electron chi connectivity index (χ2n) is 7.29. The first-order valence-electron chi connectivity index (χ1n) is 10.1. The number of hydrogen-bond donors (Lipinski definition) is 2. The quantitative estimate of drug-likeness (QED) is 0.439. The van der Waals surface area contributed by atoms with E-state index in [2.05, 4.69) is 33.0 Å². The van der Waals surface area contributed by atoms with Crippen LogP contribution in [0, 0.1) is 0 Å². The Bertz CT molecular complexity index is 618. The van der Waals surface area contributed by atoms with Crippen molar-refractivity contribution in [3.05, 3.63) is 29.3 Å². The van der Waals surface area contributed by atoms with Gasteiger partial charge in [-0.2, -0.15) is 0 Å². The molecule has 0 saturated carbocycles. The van der Waals surface area contributed by atoms with Crippen LogP contribution in [-0.2, 0) is 0 Å². The number of likely N-dealkylation sites (tertiary alicyclic amines) is 1. The highest BCUT2D eigenvalue weighted by Crippen LogP contribution is 2.20. The summed E-state index contributed by atoms with van der Waals surface area (Å²) in [6, 6.07) is 8.12. The number of β-amino-alcohol motifs (C(OH)–C–C–N with tert-alkyl or cyclic N) is 1. The van der Waals surface area contributed by atoms with E-state index in [-0.39, 0.29) is 6.10 Å². The molecule has 27 heavy (non-hydrogen) atoms. The second kappa shape index (κ2) is 10.2. The number of piperazine rings is 1. The molecule has 2 heterocycles. The van der Waals surface area contributed by atoms with Gasteiger partial charge in [-0.3, -0.25) is 9.89 Å². The number of hydrogen-bond acceptors (Lipinski definition) is 4. The SMILES string of the molecule is CCNC(=NCCCN1CCN(c2cccc(Cl)c2)CC1)N1CC[C@@H](O)C1. The van der Waals surface area contributed by atoms with Gasteiger partial charge in [0, 0.05) is 69.6 Å². The minimum atomic E-state index is -0.218. The first-order valence-corrected chi connectivity index (χ1v) is 10.5. The van der Waals surface area contributed by atoms with Crippen LogP contribution in [0.2, 0.25) is 5.02 Å². The van der Waals surface area contributed by atoms with E-state index in [0.717, 1.165) is 76.2 Å². The third-order valence-corrected chi connectivity index (χ3v) is 5.47. The maximum atomic E-state index is 9.73. The summed E-state index contributed by atoms with van der Waals surface area (Å²) < 4.78 is 0. The average molecular weight is 394 g/mol. The van der Waals surface area contributed by atoms with E-state index in [9.17, 15) is 5.11 Å². The number of rotatable bonds is 6. The predicted molar refractivity (Wildman–Crippen MR) is 113 cm³/mol. The molecule has 150 valence electrons. The van der Waals surface area contributed by atoms with Gasteiger partial charge in [0.1, 0.15) is 0 Å². The lowest BCUT2D eigenvalue weighted by molar-refractivity contribution is 0.187. The first kappa shape index (κ1) is 20.2. The van der Waals surface area contributed by atoms with Gasteiger partial charge in [-0.15, -0.1) is 0 Å². The fourth-order valence-electron chi connectivity index (χ4n) is 3.74. The molecule has 1 atom stereocenters. The third-order valence-electron chi connectivity index (χ3n) is 5.24. The molecule has 2 saturated heterocycles. The summed E-state index contributed by atoms with van der Waals surface area (Å²) in [5, 5.41) is 13.9. The van der Waals surface area contributed by atoms with Crippen LogP contribution >= 0.6 is 11.6 Å². The molecular formula is C20H32ClN5O. The molecule has 2 fully saturated rings. The van der Waals surface area contributed by atoms with Crippen LogP contribution in [0.3, 0.4) is 0 Å². The molecule has 0 aromatic heterocycles. The molecule has 0 amide bonds. The molecule has 0 bridgehead atoms. The molecule has 6 nitrogen and oxygen atoms in total. The number of guanidine groups is 1. The Morgan fingerprint density at radius 1 is 1.26 bits per heavy atom. The summed E-state index contributed by atoms with van der Waals surface area (Å²) in [7, 11) is 0. The minimum absolute atomic E-state index is 0.218. The number of nitrogens with zero attached hydrogens (tertiary/aromatic N) is 4. The maximum Gasteiger partial charge on any atom is 0.194 e. The number of nitrogens with one attached hydrogen (secondary N) is 1. The zero-order chi connectivity index (χ0) is 19.1. The third kappa shape index (κ3) is 5.99. The van der Waals surface area contributed by atoms with E-state index < -0.39 is 0 Å². The topological polar surface area (TPSA) is 54.3 Å². The standard InChI is InChI=1S/C20H32ClN5O/c1-2-22-20(26-10-7-19(27)16-26)23-8-4-9-24-11-13-25(14-12-24)18-6-3-5-17(21)15-18/h3,5-6,15,19,27H,2,4,7-14,16H2,1H3,(H,22,23)/t19-/m1/s1. The monoisotopic (exact) mass is 393 g/mol. The summed E-state index contributed by atoms with van der Waals surface area (Å²) in [4.78, 5) is 11.8. The Balaban J connectivity index is 1.39. The summed E-state index contributed by atoms with van der Waals surface area (Å²) in [6.45, 7) is 10.7. The molecule has 7 heteroatoms. The van der Waals surface area contributed by atoms with Gasteiger partial charge >= 0.3 is 0 Å². The first-order chi connectivity index (χ1) is 13.2. The van der Waals surface area contributed by atoms with Crippen molar-refractivity contribution < 1.29 is 5.11 Å². The van der Waals surface area contributed by atoms with E-state index in [1.54, 1.807) is 0 Å². The Morgan fingerprint density at radius 3 is 2.74 bits per heavy atom. The minimum Gasteiger partial charge on any atom is -0.391 e. The predicted octanol–water partition coefficient (Wildman–Crippen LogP) is 1.88. The zero-order valence-corrected chi connectivity index (χ0v) is 17.0. The second-order valence-corrected chi connectivity index (χ2v) is 7.72. The molecular weight excluding hydrogens is 362 g/mol. The molecule has 2 aliphatic heterocycles. The van der Waals surface area contributed by atoms with Gasteiger partial charge in [0.2, 0.25) is 0 Å². The fraction of sp³-hybridized carbons (Fsp3) is 0.650. The molecule has 0 radical (unpaired) electrons. The van der Waals surface area contributed by atoms with E-state index in [1.807, 2.05) is 18.2 Å². The average Bonchev–Trinajstić information content (AvgIpc) is 3.11. The number of aliphatic imine (C=N–C) groups is 1. The Hall–Kier alpha value is -1.50. The van der Waals surface area contributed by atoms with Gasteiger partial charge < -0.3 is 20.2 Å². The molecule has 1 aromatic rings. The number of aliphatic hydroxyl groups excluding tert-OH is 1. The number of anilines is 1. The van der Waals surface area contributed by atoms with Crippen molar-refractivity contribution in [2.75, 3.05) is 63.8 Å². The van der Waals surface area contributed by atoms with Crippen LogP contribution in [0.25, 0.3) is 0 Å². The highest BCUT2D eigenvalue weighted by Gasteiger charge is 2.22. The smallest absolute Gasteiger partial charge is 0.194 e.